The topological polar surface area (TPSA) is 94.8 Å². The minimum absolute atomic E-state index is 0.0284. The highest BCUT2D eigenvalue weighted by atomic mass is 16.5. The Bertz CT molecular complexity index is 1100. The number of carbonyl (C=O) groups is 2. The van der Waals surface area contributed by atoms with Crippen molar-refractivity contribution in [3.63, 3.8) is 0 Å². The van der Waals surface area contributed by atoms with Gasteiger partial charge in [-0.1, -0.05) is 37.3 Å². The van der Waals surface area contributed by atoms with E-state index in [0.29, 0.717) is 17.8 Å². The van der Waals surface area contributed by atoms with Gasteiger partial charge < -0.3 is 19.2 Å². The largest absolute Gasteiger partial charge is 0.445 e. The maximum atomic E-state index is 12.2. The fraction of sp³-hybridized carbons (Fsp3) is 0.261. The summed E-state index contributed by atoms with van der Waals surface area (Å²) >= 11 is 0. The van der Waals surface area contributed by atoms with Gasteiger partial charge in [0.25, 0.3) is 0 Å². The van der Waals surface area contributed by atoms with Gasteiger partial charge in [-0.25, -0.2) is 9.59 Å². The molecule has 0 fully saturated rings. The van der Waals surface area contributed by atoms with E-state index < -0.39 is 17.7 Å². The Morgan fingerprint density at radius 3 is 2.60 bits per heavy atom. The lowest BCUT2D eigenvalue weighted by Gasteiger charge is -2.11. The minimum Gasteiger partial charge on any atom is -0.445 e. The zero-order chi connectivity index (χ0) is 21.5. The second-order valence-corrected chi connectivity index (χ2v) is 6.77. The molecule has 0 atom stereocenters. The number of fused-ring (bicyclic) bond motifs is 1. The standard InChI is InChI=1S/C23H23NO6/c1-3-17-12-18-15(2)11-22(26)30-20(18)13-19(17)29-21(25)9-10-24-23(27)28-14-16-7-5-4-6-8-16/h4-8,11-13H,3,9-10,14H2,1-2H3,(H,24,27). The van der Waals surface area contributed by atoms with Crippen molar-refractivity contribution in [3.8, 4) is 5.75 Å². The fourth-order valence-electron chi connectivity index (χ4n) is 2.98. The van der Waals surface area contributed by atoms with Gasteiger partial charge in [0, 0.05) is 24.1 Å². The van der Waals surface area contributed by atoms with Crippen LogP contribution in [0.5, 0.6) is 5.75 Å². The lowest BCUT2D eigenvalue weighted by molar-refractivity contribution is -0.134. The Hall–Kier alpha value is -3.61. The van der Waals surface area contributed by atoms with E-state index in [1.807, 2.05) is 50.2 Å². The molecule has 0 aliphatic heterocycles. The van der Waals surface area contributed by atoms with Crippen molar-refractivity contribution >= 4 is 23.0 Å². The fourth-order valence-corrected chi connectivity index (χ4v) is 2.98. The summed E-state index contributed by atoms with van der Waals surface area (Å²) in [6, 6.07) is 14.1. The van der Waals surface area contributed by atoms with Crippen molar-refractivity contribution in [2.75, 3.05) is 6.54 Å². The summed E-state index contributed by atoms with van der Waals surface area (Å²) in [6.07, 6.45) is 0.00414. The van der Waals surface area contributed by atoms with E-state index in [4.69, 9.17) is 13.9 Å². The third-order valence-corrected chi connectivity index (χ3v) is 4.55. The molecule has 1 heterocycles. The van der Waals surface area contributed by atoms with E-state index in [1.54, 1.807) is 6.07 Å². The zero-order valence-electron chi connectivity index (χ0n) is 16.9. The number of hydrogen-bond donors (Lipinski definition) is 1. The normalized spacial score (nSPS) is 10.6. The summed E-state index contributed by atoms with van der Waals surface area (Å²) in [6.45, 7) is 4.00. The number of amides is 1. The van der Waals surface area contributed by atoms with Gasteiger partial charge in [0.05, 0.1) is 6.42 Å². The zero-order valence-corrected chi connectivity index (χ0v) is 16.9. The predicted molar refractivity (Wildman–Crippen MR) is 111 cm³/mol. The Labute approximate surface area is 173 Å². The predicted octanol–water partition coefficient (Wildman–Crippen LogP) is 3.89. The summed E-state index contributed by atoms with van der Waals surface area (Å²) in [4.78, 5) is 35.6. The molecule has 0 bridgehead atoms. The van der Waals surface area contributed by atoms with Gasteiger partial charge >= 0.3 is 17.7 Å². The lowest BCUT2D eigenvalue weighted by atomic mass is 10.1. The molecule has 1 aromatic heterocycles. The average molecular weight is 409 g/mol. The molecule has 1 amide bonds. The van der Waals surface area contributed by atoms with E-state index >= 15 is 0 Å². The average Bonchev–Trinajstić information content (AvgIpc) is 2.72. The maximum absolute atomic E-state index is 12.2. The molecule has 3 aromatic rings. The van der Waals surface area contributed by atoms with Gasteiger partial charge in [0.15, 0.2) is 0 Å². The van der Waals surface area contributed by atoms with Gasteiger partial charge in [-0.2, -0.15) is 0 Å². The summed E-state index contributed by atoms with van der Waals surface area (Å²) in [5.41, 5.74) is 2.40. The van der Waals surface area contributed by atoms with Crippen molar-refractivity contribution in [1.29, 1.82) is 0 Å². The Morgan fingerprint density at radius 1 is 1.10 bits per heavy atom. The number of ether oxygens (including phenoxy) is 2. The van der Waals surface area contributed by atoms with E-state index in [0.717, 1.165) is 22.1 Å². The summed E-state index contributed by atoms with van der Waals surface area (Å²) < 4.78 is 15.8. The van der Waals surface area contributed by atoms with Crippen LogP contribution in [0.25, 0.3) is 11.0 Å². The van der Waals surface area contributed by atoms with Crippen LogP contribution in [0.1, 0.15) is 30.0 Å². The molecule has 30 heavy (non-hydrogen) atoms. The van der Waals surface area contributed by atoms with Crippen molar-refractivity contribution < 1.29 is 23.5 Å². The third kappa shape index (κ3) is 5.47. The van der Waals surface area contributed by atoms with E-state index in [-0.39, 0.29) is 19.6 Å². The van der Waals surface area contributed by atoms with E-state index in [2.05, 4.69) is 5.32 Å². The van der Waals surface area contributed by atoms with Crippen molar-refractivity contribution in [3.05, 3.63) is 75.6 Å². The van der Waals surface area contributed by atoms with Crippen LogP contribution in [0, 0.1) is 6.92 Å². The van der Waals surface area contributed by atoms with Crippen LogP contribution < -0.4 is 15.7 Å². The number of benzene rings is 2. The molecule has 0 aliphatic rings. The highest BCUT2D eigenvalue weighted by molar-refractivity contribution is 5.84. The molecule has 0 saturated heterocycles. The summed E-state index contributed by atoms with van der Waals surface area (Å²) in [5, 5.41) is 3.32. The molecule has 0 radical (unpaired) electrons. The van der Waals surface area contributed by atoms with Crippen molar-refractivity contribution in [2.24, 2.45) is 0 Å². The number of carbonyl (C=O) groups excluding carboxylic acids is 2. The van der Waals surface area contributed by atoms with Gasteiger partial charge in [0.2, 0.25) is 0 Å². The smallest absolute Gasteiger partial charge is 0.407 e. The molecule has 156 valence electrons. The Morgan fingerprint density at radius 2 is 1.87 bits per heavy atom. The monoisotopic (exact) mass is 409 g/mol. The minimum atomic E-state index is -0.608. The van der Waals surface area contributed by atoms with Crippen LogP contribution in [-0.2, 0) is 22.6 Å². The summed E-state index contributed by atoms with van der Waals surface area (Å²) in [5.74, 6) is -0.169. The van der Waals surface area contributed by atoms with Gasteiger partial charge in [-0.05, 0) is 36.1 Å². The van der Waals surface area contributed by atoms with Crippen LogP contribution >= 0.6 is 0 Å². The van der Waals surface area contributed by atoms with E-state index in [9.17, 15) is 14.4 Å². The van der Waals surface area contributed by atoms with Gasteiger partial charge in [-0.3, -0.25) is 4.79 Å². The summed E-state index contributed by atoms with van der Waals surface area (Å²) in [7, 11) is 0. The first-order chi connectivity index (χ1) is 14.5. The molecule has 0 aliphatic carbocycles. The van der Waals surface area contributed by atoms with Crippen molar-refractivity contribution in [2.45, 2.75) is 33.3 Å². The molecule has 1 N–H and O–H groups in total. The molecule has 2 aromatic carbocycles. The number of nitrogens with one attached hydrogen (secondary N) is 1. The SMILES string of the molecule is CCc1cc2c(C)cc(=O)oc2cc1OC(=O)CCNC(=O)OCc1ccccc1. The lowest BCUT2D eigenvalue weighted by Crippen LogP contribution is -2.27. The van der Waals surface area contributed by atoms with Crippen molar-refractivity contribution in [1.82, 2.24) is 5.32 Å². The highest BCUT2D eigenvalue weighted by Gasteiger charge is 2.13. The van der Waals surface area contributed by atoms with Crippen LogP contribution in [0.2, 0.25) is 0 Å². The van der Waals surface area contributed by atoms with Crippen LogP contribution in [0.4, 0.5) is 4.79 Å². The second kappa shape index (κ2) is 9.73. The van der Waals surface area contributed by atoms with Gasteiger partial charge in [0.1, 0.15) is 17.9 Å². The van der Waals surface area contributed by atoms with Crippen LogP contribution in [0.3, 0.4) is 0 Å². The number of esters is 1. The quantitative estimate of drug-likeness (QED) is 0.361. The first kappa shape index (κ1) is 21.1. The molecule has 3 rings (SSSR count). The second-order valence-electron chi connectivity index (χ2n) is 6.77. The maximum Gasteiger partial charge on any atom is 0.407 e. The molecule has 7 nitrogen and oxygen atoms in total. The Kier molecular flexibility index (Phi) is 6.85. The number of alkyl carbamates (subject to hydrolysis) is 1. The van der Waals surface area contributed by atoms with E-state index in [1.165, 1.54) is 6.07 Å². The van der Waals surface area contributed by atoms with Crippen LogP contribution in [-0.4, -0.2) is 18.6 Å². The van der Waals surface area contributed by atoms with Gasteiger partial charge in [-0.15, -0.1) is 0 Å². The first-order valence-electron chi connectivity index (χ1n) is 9.69. The number of rotatable bonds is 7. The first-order valence-corrected chi connectivity index (χ1v) is 9.69. The number of hydrogen-bond acceptors (Lipinski definition) is 6. The molecule has 7 heteroatoms. The van der Waals surface area contributed by atoms with Crippen LogP contribution in [0.15, 0.2) is 57.7 Å². The Balaban J connectivity index is 1.54. The highest BCUT2D eigenvalue weighted by Crippen LogP contribution is 2.28. The molecular weight excluding hydrogens is 386 g/mol. The third-order valence-electron chi connectivity index (χ3n) is 4.55. The molecule has 0 spiro atoms. The molecule has 0 saturated carbocycles. The molecular formula is C23H23NO6. The number of aryl methyl sites for hydroxylation is 2. The molecule has 0 unspecified atom stereocenters.